The zero-order valence-corrected chi connectivity index (χ0v) is 35.7. The SMILES string of the molecule is CC1(C)c2ccccc2-c2ccc(-c3cccc(-c4ccc5oc6cccc(-c7nc(-c8ccc(-c9ccccc9)cc8)nc(-c8cccc9oc%10ccccc%10c89)n7)c6c5c4)c3)cc21. The van der Waals surface area contributed by atoms with Crippen molar-refractivity contribution in [2.45, 2.75) is 19.3 Å². The van der Waals surface area contributed by atoms with Gasteiger partial charge >= 0.3 is 0 Å². The summed E-state index contributed by atoms with van der Waals surface area (Å²) in [5.74, 6) is 1.70. The van der Waals surface area contributed by atoms with Crippen LogP contribution in [0.2, 0.25) is 0 Å². The third-order valence-corrected chi connectivity index (χ3v) is 13.4. The summed E-state index contributed by atoms with van der Waals surface area (Å²) in [5.41, 5.74) is 18.0. The average Bonchev–Trinajstić information content (AvgIpc) is 4.01. The molecule has 1 aliphatic rings. The Hall–Kier alpha value is -8.41. The van der Waals surface area contributed by atoms with E-state index in [0.29, 0.717) is 17.5 Å². The number of benzene rings is 9. The van der Waals surface area contributed by atoms with Crippen molar-refractivity contribution in [3.8, 4) is 78.7 Å². The lowest BCUT2D eigenvalue weighted by molar-refractivity contribution is 0.660. The minimum Gasteiger partial charge on any atom is -0.456 e. The van der Waals surface area contributed by atoms with E-state index in [1.165, 1.54) is 33.4 Å². The van der Waals surface area contributed by atoms with E-state index < -0.39 is 0 Å². The van der Waals surface area contributed by atoms with E-state index >= 15 is 0 Å². The van der Waals surface area contributed by atoms with Crippen LogP contribution in [0.25, 0.3) is 123 Å². The Labute approximate surface area is 375 Å². The standard InChI is InChI=1S/C60H39N3O2/c1-60(2)49-21-8-6-17-43(49)44-31-29-42(35-50(44)60)40-16-10-15-39(33-40)41-30-32-52-48(34-41)56-47(20-12-24-54(56)65-52)59-62-57(38-27-25-37(26-28-38)36-13-4-3-5-14-36)61-58(63-59)46-19-11-23-53-55(46)45-18-7-9-22-51(45)64-53/h3-35H,1-2H3. The van der Waals surface area contributed by atoms with Crippen molar-refractivity contribution in [3.05, 3.63) is 211 Å². The highest BCUT2D eigenvalue weighted by molar-refractivity contribution is 6.14. The smallest absolute Gasteiger partial charge is 0.164 e. The monoisotopic (exact) mass is 833 g/mol. The van der Waals surface area contributed by atoms with Crippen LogP contribution in [-0.2, 0) is 5.41 Å². The molecule has 0 spiro atoms. The van der Waals surface area contributed by atoms with E-state index in [4.69, 9.17) is 23.8 Å². The molecule has 0 radical (unpaired) electrons. The van der Waals surface area contributed by atoms with Gasteiger partial charge in [-0.05, 0) is 98.1 Å². The molecule has 9 aromatic carbocycles. The van der Waals surface area contributed by atoms with Gasteiger partial charge in [0.05, 0.1) is 0 Å². The molecule has 0 saturated carbocycles. The van der Waals surface area contributed by atoms with Crippen LogP contribution >= 0.6 is 0 Å². The quantitative estimate of drug-likeness (QED) is 0.167. The first kappa shape index (κ1) is 37.2. The molecular weight excluding hydrogens is 795 g/mol. The third kappa shape index (κ3) is 5.97. The molecule has 5 nitrogen and oxygen atoms in total. The number of fused-ring (bicyclic) bond motifs is 9. The average molecular weight is 834 g/mol. The Bertz CT molecular complexity index is 3860. The molecule has 0 unspecified atom stereocenters. The van der Waals surface area contributed by atoms with Gasteiger partial charge < -0.3 is 8.83 Å². The lowest BCUT2D eigenvalue weighted by atomic mass is 9.81. The highest BCUT2D eigenvalue weighted by atomic mass is 16.3. The predicted molar refractivity (Wildman–Crippen MR) is 265 cm³/mol. The molecular formula is C60H39N3O2. The molecule has 65 heavy (non-hydrogen) atoms. The van der Waals surface area contributed by atoms with Crippen LogP contribution in [0.5, 0.6) is 0 Å². The van der Waals surface area contributed by atoms with Gasteiger partial charge in [-0.3, -0.25) is 0 Å². The van der Waals surface area contributed by atoms with Crippen molar-refractivity contribution >= 4 is 43.9 Å². The fraction of sp³-hybridized carbons (Fsp3) is 0.0500. The summed E-state index contributed by atoms with van der Waals surface area (Å²) in [5, 5.41) is 3.93. The molecule has 12 aromatic rings. The molecule has 5 heteroatoms. The molecule has 0 saturated heterocycles. The Morgan fingerprint density at radius 2 is 0.785 bits per heavy atom. The summed E-state index contributed by atoms with van der Waals surface area (Å²) in [6, 6.07) is 70.3. The zero-order valence-electron chi connectivity index (χ0n) is 35.7. The van der Waals surface area contributed by atoms with Gasteiger partial charge in [0.15, 0.2) is 17.5 Å². The summed E-state index contributed by atoms with van der Waals surface area (Å²) >= 11 is 0. The van der Waals surface area contributed by atoms with Crippen LogP contribution in [0.1, 0.15) is 25.0 Å². The number of furan rings is 2. The maximum atomic E-state index is 6.58. The lowest BCUT2D eigenvalue weighted by Gasteiger charge is -2.22. The lowest BCUT2D eigenvalue weighted by Crippen LogP contribution is -2.14. The number of hydrogen-bond acceptors (Lipinski definition) is 5. The minimum absolute atomic E-state index is 0.0708. The van der Waals surface area contributed by atoms with Gasteiger partial charge in [0, 0.05) is 43.7 Å². The van der Waals surface area contributed by atoms with Gasteiger partial charge in [0.1, 0.15) is 22.3 Å². The first-order valence-electron chi connectivity index (χ1n) is 22.1. The van der Waals surface area contributed by atoms with Crippen LogP contribution in [0.3, 0.4) is 0 Å². The molecule has 0 aliphatic heterocycles. The first-order chi connectivity index (χ1) is 31.9. The number of nitrogens with zero attached hydrogens (tertiary/aromatic N) is 3. The van der Waals surface area contributed by atoms with Crippen molar-refractivity contribution in [2.24, 2.45) is 0 Å². The topological polar surface area (TPSA) is 65.0 Å². The van der Waals surface area contributed by atoms with Crippen LogP contribution in [0, 0.1) is 0 Å². The Morgan fingerprint density at radius 1 is 0.308 bits per heavy atom. The molecule has 0 bridgehead atoms. The van der Waals surface area contributed by atoms with Gasteiger partial charge in [-0.2, -0.15) is 0 Å². The van der Waals surface area contributed by atoms with Crippen LogP contribution < -0.4 is 0 Å². The van der Waals surface area contributed by atoms with Gasteiger partial charge in [0.25, 0.3) is 0 Å². The molecule has 3 aromatic heterocycles. The molecule has 0 atom stereocenters. The second-order valence-electron chi connectivity index (χ2n) is 17.5. The van der Waals surface area contributed by atoms with E-state index in [9.17, 15) is 0 Å². The first-order valence-corrected chi connectivity index (χ1v) is 22.1. The fourth-order valence-electron chi connectivity index (χ4n) is 10.1. The van der Waals surface area contributed by atoms with Gasteiger partial charge in [-0.25, -0.2) is 15.0 Å². The minimum atomic E-state index is -0.0708. The van der Waals surface area contributed by atoms with Crippen molar-refractivity contribution in [3.63, 3.8) is 0 Å². The van der Waals surface area contributed by atoms with Gasteiger partial charge in [0.2, 0.25) is 0 Å². The van der Waals surface area contributed by atoms with Crippen molar-refractivity contribution in [1.29, 1.82) is 0 Å². The van der Waals surface area contributed by atoms with E-state index in [1.807, 2.05) is 48.5 Å². The Morgan fingerprint density at radius 3 is 1.54 bits per heavy atom. The van der Waals surface area contributed by atoms with Gasteiger partial charge in [-0.15, -0.1) is 0 Å². The van der Waals surface area contributed by atoms with E-state index in [2.05, 4.69) is 166 Å². The molecule has 13 rings (SSSR count). The number of rotatable bonds is 6. The molecule has 0 N–H and O–H groups in total. The van der Waals surface area contributed by atoms with Crippen LogP contribution in [0.15, 0.2) is 209 Å². The van der Waals surface area contributed by atoms with E-state index in [-0.39, 0.29) is 5.41 Å². The Kier molecular flexibility index (Phi) is 8.18. The second-order valence-corrected chi connectivity index (χ2v) is 17.5. The molecule has 0 fully saturated rings. The van der Waals surface area contributed by atoms with Crippen molar-refractivity contribution in [2.75, 3.05) is 0 Å². The predicted octanol–water partition coefficient (Wildman–Crippen LogP) is 16.0. The number of hydrogen-bond donors (Lipinski definition) is 0. The highest BCUT2D eigenvalue weighted by Gasteiger charge is 2.35. The number of para-hydroxylation sites is 1. The van der Waals surface area contributed by atoms with E-state index in [0.717, 1.165) is 82.8 Å². The second kappa shape index (κ2) is 14.3. The number of aromatic nitrogens is 3. The van der Waals surface area contributed by atoms with Crippen LogP contribution in [-0.4, -0.2) is 15.0 Å². The summed E-state index contributed by atoms with van der Waals surface area (Å²) in [6.45, 7) is 4.67. The maximum absolute atomic E-state index is 6.58. The third-order valence-electron chi connectivity index (χ3n) is 13.4. The van der Waals surface area contributed by atoms with Crippen molar-refractivity contribution in [1.82, 2.24) is 15.0 Å². The Balaban J connectivity index is 0.954. The fourth-order valence-corrected chi connectivity index (χ4v) is 10.1. The van der Waals surface area contributed by atoms with E-state index in [1.54, 1.807) is 0 Å². The molecule has 306 valence electrons. The molecule has 1 aliphatic carbocycles. The largest absolute Gasteiger partial charge is 0.456 e. The normalized spacial score (nSPS) is 12.9. The van der Waals surface area contributed by atoms with Gasteiger partial charge in [-0.1, -0.05) is 172 Å². The maximum Gasteiger partial charge on any atom is 0.164 e. The highest BCUT2D eigenvalue weighted by Crippen LogP contribution is 2.50. The summed E-state index contributed by atoms with van der Waals surface area (Å²) in [4.78, 5) is 15.8. The summed E-state index contributed by atoms with van der Waals surface area (Å²) in [7, 11) is 0. The molecule has 0 amide bonds. The van der Waals surface area contributed by atoms with Crippen LogP contribution in [0.4, 0.5) is 0 Å². The summed E-state index contributed by atoms with van der Waals surface area (Å²) < 4.78 is 12.9. The molecule has 3 heterocycles. The summed E-state index contributed by atoms with van der Waals surface area (Å²) in [6.07, 6.45) is 0. The zero-order chi connectivity index (χ0) is 43.2. The van der Waals surface area contributed by atoms with Crippen molar-refractivity contribution < 1.29 is 8.83 Å².